The van der Waals surface area contributed by atoms with Crippen molar-refractivity contribution in [3.05, 3.63) is 85.0 Å². The Balaban J connectivity index is 1.25. The maximum Gasteiger partial charge on any atom is 0.410 e. The average Bonchev–Trinajstić information content (AvgIpc) is 3.53. The number of nitrogens with zero attached hydrogens (tertiary/aromatic N) is 4. The van der Waals surface area contributed by atoms with Gasteiger partial charge in [-0.2, -0.15) is 0 Å². The van der Waals surface area contributed by atoms with Gasteiger partial charge in [-0.05, 0) is 75.2 Å². The van der Waals surface area contributed by atoms with E-state index in [0.717, 1.165) is 51.2 Å². The van der Waals surface area contributed by atoms with E-state index in [1.807, 2.05) is 63.5 Å². The molecule has 0 radical (unpaired) electrons. The third-order valence-corrected chi connectivity index (χ3v) is 6.60. The second kappa shape index (κ2) is 9.37. The van der Waals surface area contributed by atoms with Gasteiger partial charge in [-0.1, -0.05) is 24.3 Å². The third-order valence-electron chi connectivity index (χ3n) is 6.60. The predicted octanol–water partition coefficient (Wildman–Crippen LogP) is 6.67. The normalized spacial score (nSPS) is 14.1. The van der Waals surface area contributed by atoms with Gasteiger partial charge in [0.2, 0.25) is 0 Å². The highest BCUT2D eigenvalue weighted by Crippen LogP contribution is 2.31. The van der Waals surface area contributed by atoms with Gasteiger partial charge in [-0.15, -0.1) is 0 Å². The number of carbonyl (C=O) groups excluding carboxylic acids is 1. The van der Waals surface area contributed by atoms with Crippen LogP contribution < -0.4 is 5.32 Å². The Morgan fingerprint density at radius 1 is 1.05 bits per heavy atom. The number of carbonyl (C=O) groups is 1. The lowest BCUT2D eigenvalue weighted by Crippen LogP contribution is -2.39. The molecule has 0 atom stereocenters. The molecule has 2 aromatic carbocycles. The zero-order chi connectivity index (χ0) is 26.3. The minimum Gasteiger partial charge on any atom is -0.444 e. The Kier molecular flexibility index (Phi) is 5.87. The minimum absolute atomic E-state index is 0.275. The van der Waals surface area contributed by atoms with Gasteiger partial charge in [-0.25, -0.2) is 14.8 Å². The van der Waals surface area contributed by atoms with Crippen LogP contribution in [0.1, 0.15) is 32.9 Å². The molecular formula is C30H30N6O2. The molecule has 192 valence electrons. The van der Waals surface area contributed by atoms with E-state index in [0.29, 0.717) is 13.1 Å². The first kappa shape index (κ1) is 23.8. The highest BCUT2D eigenvalue weighted by Gasteiger charge is 2.24. The smallest absolute Gasteiger partial charge is 0.410 e. The van der Waals surface area contributed by atoms with Crippen molar-refractivity contribution in [3.8, 4) is 5.69 Å². The zero-order valence-corrected chi connectivity index (χ0v) is 21.7. The molecule has 1 aliphatic heterocycles. The molecule has 5 aromatic rings. The summed E-state index contributed by atoms with van der Waals surface area (Å²) in [7, 11) is 0. The number of anilines is 2. The summed E-state index contributed by atoms with van der Waals surface area (Å²) >= 11 is 0. The number of nitrogens with one attached hydrogen (secondary N) is 2. The molecule has 0 saturated heterocycles. The van der Waals surface area contributed by atoms with E-state index in [1.54, 1.807) is 11.1 Å². The maximum absolute atomic E-state index is 12.4. The summed E-state index contributed by atoms with van der Waals surface area (Å²) in [5.41, 5.74) is 7.47. The van der Waals surface area contributed by atoms with Crippen molar-refractivity contribution < 1.29 is 9.53 Å². The quantitative estimate of drug-likeness (QED) is 0.284. The Bertz CT molecular complexity index is 1660. The second-order valence-electron chi connectivity index (χ2n) is 10.5. The molecule has 1 amide bonds. The Morgan fingerprint density at radius 3 is 2.66 bits per heavy atom. The molecule has 38 heavy (non-hydrogen) atoms. The van der Waals surface area contributed by atoms with Crippen LogP contribution >= 0.6 is 0 Å². The number of benzene rings is 2. The van der Waals surface area contributed by atoms with E-state index < -0.39 is 5.60 Å². The van der Waals surface area contributed by atoms with Crippen LogP contribution in [-0.2, 0) is 4.74 Å². The molecule has 0 spiro atoms. The minimum atomic E-state index is -0.501. The third kappa shape index (κ3) is 4.72. The van der Waals surface area contributed by atoms with Gasteiger partial charge < -0.3 is 19.9 Å². The fraction of sp³-hybridized carbons (Fsp3) is 0.233. The fourth-order valence-electron chi connectivity index (χ4n) is 4.75. The number of H-pyrrole nitrogens is 1. The highest BCUT2D eigenvalue weighted by molar-refractivity contribution is 5.95. The molecule has 0 unspecified atom stereocenters. The van der Waals surface area contributed by atoms with Crippen LogP contribution in [-0.4, -0.2) is 49.2 Å². The number of para-hydroxylation sites is 1. The zero-order valence-electron chi connectivity index (χ0n) is 21.7. The van der Waals surface area contributed by atoms with Crippen LogP contribution in [0, 0.1) is 0 Å². The number of fused-ring (bicyclic) bond motifs is 2. The van der Waals surface area contributed by atoms with Crippen LogP contribution in [0.3, 0.4) is 0 Å². The summed E-state index contributed by atoms with van der Waals surface area (Å²) in [6.07, 6.45) is 6.22. The van der Waals surface area contributed by atoms with Crippen LogP contribution in [0.5, 0.6) is 0 Å². The van der Waals surface area contributed by atoms with Gasteiger partial charge in [0.15, 0.2) is 0 Å². The number of ether oxygens (including phenoxy) is 1. The van der Waals surface area contributed by atoms with Gasteiger partial charge in [-0.3, -0.25) is 4.57 Å². The number of hydrogen-bond acceptors (Lipinski definition) is 5. The Morgan fingerprint density at radius 2 is 1.89 bits per heavy atom. The van der Waals surface area contributed by atoms with Gasteiger partial charge in [0.25, 0.3) is 0 Å². The molecule has 8 heteroatoms. The molecule has 0 saturated carbocycles. The lowest BCUT2D eigenvalue weighted by Gasteiger charge is -2.29. The summed E-state index contributed by atoms with van der Waals surface area (Å²) < 4.78 is 7.61. The van der Waals surface area contributed by atoms with E-state index in [9.17, 15) is 4.79 Å². The maximum atomic E-state index is 12.4. The Hall–Kier alpha value is -4.59. The first-order valence-electron chi connectivity index (χ1n) is 12.8. The van der Waals surface area contributed by atoms with Gasteiger partial charge in [0.1, 0.15) is 17.6 Å². The number of pyridine rings is 1. The lowest BCUT2D eigenvalue weighted by atomic mass is 10.0. The summed E-state index contributed by atoms with van der Waals surface area (Å²) in [4.78, 5) is 26.7. The molecule has 0 bridgehead atoms. The van der Waals surface area contributed by atoms with Gasteiger partial charge >= 0.3 is 6.09 Å². The van der Waals surface area contributed by atoms with E-state index in [2.05, 4.69) is 55.2 Å². The van der Waals surface area contributed by atoms with E-state index in [1.165, 1.54) is 5.57 Å². The average molecular weight is 507 g/mol. The molecule has 4 heterocycles. The largest absolute Gasteiger partial charge is 0.444 e. The number of amides is 1. The number of imidazole rings is 1. The second-order valence-corrected chi connectivity index (χ2v) is 10.5. The fourth-order valence-corrected chi connectivity index (χ4v) is 4.75. The van der Waals surface area contributed by atoms with Crippen molar-refractivity contribution in [2.45, 2.75) is 32.8 Å². The molecule has 1 aliphatic rings. The Labute approximate surface area is 221 Å². The van der Waals surface area contributed by atoms with E-state index >= 15 is 0 Å². The van der Waals surface area contributed by atoms with E-state index in [4.69, 9.17) is 4.74 Å². The van der Waals surface area contributed by atoms with Crippen LogP contribution in [0.4, 0.5) is 16.2 Å². The van der Waals surface area contributed by atoms with Crippen LogP contribution in [0.25, 0.3) is 33.3 Å². The van der Waals surface area contributed by atoms with Crippen LogP contribution in [0.2, 0.25) is 0 Å². The van der Waals surface area contributed by atoms with Crippen molar-refractivity contribution in [1.29, 1.82) is 0 Å². The van der Waals surface area contributed by atoms with Gasteiger partial charge in [0, 0.05) is 41.7 Å². The molecule has 2 N–H and O–H groups in total. The SMILES string of the molecule is CC(C)(C)OC(=O)N1CC=C(c2cc3c(Nc4ccc5ncn(-c6ccccc6)c5c4)ccnc3[nH]2)CC1. The molecule has 6 rings (SSSR count). The topological polar surface area (TPSA) is 88.1 Å². The van der Waals surface area contributed by atoms with E-state index in [-0.39, 0.29) is 6.09 Å². The monoisotopic (exact) mass is 506 g/mol. The van der Waals surface area contributed by atoms with Crippen molar-refractivity contribution in [2.75, 3.05) is 18.4 Å². The number of aromatic nitrogens is 4. The highest BCUT2D eigenvalue weighted by atomic mass is 16.6. The standard InChI is InChI=1S/C30H30N6O2/c1-30(2,3)38-29(37)35-15-12-20(13-16-35)26-18-23-24(11-14-31-28(23)34-26)33-21-9-10-25-27(17-21)36(19-32-25)22-7-5-4-6-8-22/h4-12,14,17-19H,13,15-16H2,1-3H3,(H2,31,33,34). The van der Waals surface area contributed by atoms with Crippen molar-refractivity contribution >= 4 is 45.1 Å². The molecule has 8 nitrogen and oxygen atoms in total. The molecule has 0 aliphatic carbocycles. The lowest BCUT2D eigenvalue weighted by molar-refractivity contribution is 0.0270. The van der Waals surface area contributed by atoms with Crippen molar-refractivity contribution in [3.63, 3.8) is 0 Å². The number of hydrogen-bond donors (Lipinski definition) is 2. The first-order valence-corrected chi connectivity index (χ1v) is 12.8. The molecular weight excluding hydrogens is 476 g/mol. The predicted molar refractivity (Wildman–Crippen MR) is 151 cm³/mol. The van der Waals surface area contributed by atoms with Crippen molar-refractivity contribution in [2.24, 2.45) is 0 Å². The first-order chi connectivity index (χ1) is 18.3. The van der Waals surface area contributed by atoms with Gasteiger partial charge in [0.05, 0.1) is 16.7 Å². The number of rotatable bonds is 4. The summed E-state index contributed by atoms with van der Waals surface area (Å²) in [5, 5.41) is 4.59. The molecule has 3 aromatic heterocycles. The van der Waals surface area contributed by atoms with Crippen molar-refractivity contribution in [1.82, 2.24) is 24.4 Å². The summed E-state index contributed by atoms with van der Waals surface area (Å²) in [6, 6.07) is 20.5. The summed E-state index contributed by atoms with van der Waals surface area (Å²) in [6.45, 7) is 6.79. The number of aromatic amines is 1. The van der Waals surface area contributed by atoms with Crippen LogP contribution in [0.15, 0.2) is 79.3 Å². The summed E-state index contributed by atoms with van der Waals surface area (Å²) in [5.74, 6) is 0. The molecule has 0 fully saturated rings.